The minimum Gasteiger partial charge on any atom is -0.480 e. The first-order valence-electron chi connectivity index (χ1n) is 12.6. The molecule has 0 fully saturated rings. The molecule has 4 unspecified atom stereocenters. The lowest BCUT2D eigenvalue weighted by atomic mass is 10.0. The Kier molecular flexibility index (Phi) is 14.4. The van der Waals surface area contributed by atoms with E-state index in [0.717, 1.165) is 0 Å². The molecule has 4 atom stereocenters. The molecule has 0 aliphatic rings. The summed E-state index contributed by atoms with van der Waals surface area (Å²) in [7, 11) is 0. The lowest BCUT2D eigenvalue weighted by molar-refractivity contribution is -0.143. The molecule has 15 heteroatoms. The van der Waals surface area contributed by atoms with Gasteiger partial charge in [0.05, 0.1) is 12.4 Å². The van der Waals surface area contributed by atoms with Gasteiger partial charge in [0.15, 0.2) is 5.96 Å². The Morgan fingerprint density at radius 3 is 2.21 bits per heavy atom. The number of imidazole rings is 1. The molecule has 0 spiro atoms. The van der Waals surface area contributed by atoms with Crippen molar-refractivity contribution in [2.24, 2.45) is 33.8 Å². The Morgan fingerprint density at radius 1 is 1.00 bits per heavy atom. The van der Waals surface area contributed by atoms with Crippen molar-refractivity contribution in [1.29, 1.82) is 0 Å². The minimum atomic E-state index is -1.20. The van der Waals surface area contributed by atoms with E-state index < -0.39 is 53.8 Å². The summed E-state index contributed by atoms with van der Waals surface area (Å²) in [6.45, 7) is 3.97. The van der Waals surface area contributed by atoms with Gasteiger partial charge in [-0.3, -0.25) is 19.4 Å². The van der Waals surface area contributed by atoms with Crippen LogP contribution in [0.1, 0.15) is 51.6 Å². The van der Waals surface area contributed by atoms with Crippen molar-refractivity contribution < 1.29 is 24.3 Å². The number of carbonyl (C=O) groups is 4. The summed E-state index contributed by atoms with van der Waals surface area (Å²) in [6, 6.07) is -4.21. The van der Waals surface area contributed by atoms with E-state index in [2.05, 4.69) is 30.9 Å². The van der Waals surface area contributed by atoms with Gasteiger partial charge < -0.3 is 49.0 Å². The number of unbranched alkanes of at least 4 members (excludes halogenated alkanes) is 1. The molecule has 0 saturated heterocycles. The molecule has 1 rings (SSSR count). The van der Waals surface area contributed by atoms with Crippen LogP contribution in [0.5, 0.6) is 0 Å². The molecule has 0 aliphatic heterocycles. The van der Waals surface area contributed by atoms with Crippen LogP contribution in [0.3, 0.4) is 0 Å². The van der Waals surface area contributed by atoms with Crippen LogP contribution in [-0.2, 0) is 25.6 Å². The molecule has 3 amide bonds. The highest BCUT2D eigenvalue weighted by molar-refractivity contribution is 5.94. The topological polar surface area (TPSA) is 270 Å². The fraction of sp³-hybridized carbons (Fsp3) is 0.652. The van der Waals surface area contributed by atoms with Gasteiger partial charge in [0.1, 0.15) is 18.1 Å². The van der Waals surface area contributed by atoms with E-state index in [1.807, 2.05) is 0 Å². The summed E-state index contributed by atoms with van der Waals surface area (Å²) in [5.74, 6) is -3.59. The van der Waals surface area contributed by atoms with Crippen molar-refractivity contribution in [3.8, 4) is 0 Å². The van der Waals surface area contributed by atoms with E-state index in [1.54, 1.807) is 13.8 Å². The largest absolute Gasteiger partial charge is 0.480 e. The predicted molar refractivity (Wildman–Crippen MR) is 141 cm³/mol. The van der Waals surface area contributed by atoms with Gasteiger partial charge in [-0.1, -0.05) is 20.3 Å². The molecule has 214 valence electrons. The number of nitrogens with one attached hydrogen (secondary N) is 4. The fourth-order valence-corrected chi connectivity index (χ4v) is 3.56. The smallest absolute Gasteiger partial charge is 0.326 e. The molecule has 1 heterocycles. The maximum absolute atomic E-state index is 13.3. The highest BCUT2D eigenvalue weighted by Gasteiger charge is 2.31. The molecule has 1 aromatic rings. The molecular formula is C23H42N10O5. The SMILES string of the molecule is CC(C)C(NC(=O)C(CCCN=C(N)N)NC(=O)C(Cc1cnc[nH]1)NC(=O)C(N)CCCCN)C(=O)O. The Balaban J connectivity index is 3.06. The lowest BCUT2D eigenvalue weighted by Crippen LogP contribution is -2.58. The zero-order valence-electron chi connectivity index (χ0n) is 22.0. The lowest BCUT2D eigenvalue weighted by Gasteiger charge is -2.26. The highest BCUT2D eigenvalue weighted by atomic mass is 16.4. The summed E-state index contributed by atoms with van der Waals surface area (Å²) in [5, 5.41) is 17.2. The molecule has 15 nitrogen and oxygen atoms in total. The number of H-pyrrole nitrogens is 1. The highest BCUT2D eigenvalue weighted by Crippen LogP contribution is 2.07. The molecule has 0 bridgehead atoms. The summed E-state index contributed by atoms with van der Waals surface area (Å²) < 4.78 is 0. The van der Waals surface area contributed by atoms with Crippen LogP contribution >= 0.6 is 0 Å². The first-order valence-corrected chi connectivity index (χ1v) is 12.6. The number of amides is 3. The number of carboxylic acid groups (broad SMARTS) is 1. The second-order valence-corrected chi connectivity index (χ2v) is 9.31. The maximum atomic E-state index is 13.3. The monoisotopic (exact) mass is 538 g/mol. The number of hydrogen-bond acceptors (Lipinski definition) is 8. The Bertz CT molecular complexity index is 918. The number of aromatic amines is 1. The normalized spacial score (nSPS) is 14.1. The van der Waals surface area contributed by atoms with Gasteiger partial charge in [-0.2, -0.15) is 0 Å². The first kappa shape index (κ1) is 32.3. The zero-order valence-corrected chi connectivity index (χ0v) is 22.0. The van der Waals surface area contributed by atoms with Gasteiger partial charge in [-0.25, -0.2) is 9.78 Å². The van der Waals surface area contributed by atoms with Crippen molar-refractivity contribution in [2.45, 2.75) is 76.5 Å². The number of nitrogens with zero attached hydrogens (tertiary/aromatic N) is 2. The van der Waals surface area contributed by atoms with Gasteiger partial charge in [-0.05, 0) is 38.1 Å². The standard InChI is InChI=1S/C23H42N10O5/c1-13(2)18(22(37)38)33-20(35)16(7-5-9-29-23(26)27)31-21(36)17(10-14-11-28-12-30-14)32-19(34)15(25)6-3-4-8-24/h11-13,15-18H,3-10,24-25H2,1-2H3,(H,28,30)(H,31,36)(H,32,34)(H,33,35)(H,37,38)(H4,26,27,29). The van der Waals surface area contributed by atoms with Crippen LogP contribution in [0, 0.1) is 5.92 Å². The van der Waals surface area contributed by atoms with Crippen molar-refractivity contribution >= 4 is 29.7 Å². The van der Waals surface area contributed by atoms with E-state index in [1.165, 1.54) is 12.5 Å². The van der Waals surface area contributed by atoms with Gasteiger partial charge in [0, 0.05) is 24.9 Å². The average molecular weight is 539 g/mol. The Hall–Kier alpha value is -3.72. The quantitative estimate of drug-likeness (QED) is 0.0545. The number of hydrogen-bond donors (Lipinski definition) is 9. The second kappa shape index (κ2) is 16.9. The number of aromatic nitrogens is 2. The number of guanidine groups is 1. The Labute approximate surface area is 222 Å². The first-order chi connectivity index (χ1) is 18.0. The van der Waals surface area contributed by atoms with Crippen molar-refractivity contribution in [1.82, 2.24) is 25.9 Å². The van der Waals surface area contributed by atoms with Crippen LogP contribution in [-0.4, -0.2) is 82.0 Å². The fourth-order valence-electron chi connectivity index (χ4n) is 3.56. The van der Waals surface area contributed by atoms with Gasteiger partial charge in [0.25, 0.3) is 0 Å². The molecule has 0 aliphatic carbocycles. The third-order valence-corrected chi connectivity index (χ3v) is 5.73. The van der Waals surface area contributed by atoms with Crippen LogP contribution in [0.15, 0.2) is 17.5 Å². The van der Waals surface area contributed by atoms with Crippen molar-refractivity contribution in [3.63, 3.8) is 0 Å². The van der Waals surface area contributed by atoms with Crippen LogP contribution < -0.4 is 38.9 Å². The van der Waals surface area contributed by atoms with Crippen LogP contribution in [0.2, 0.25) is 0 Å². The number of carbonyl (C=O) groups excluding carboxylic acids is 3. The van der Waals surface area contributed by atoms with Crippen LogP contribution in [0.25, 0.3) is 0 Å². The number of aliphatic imine (C=N–C) groups is 1. The van der Waals surface area contributed by atoms with Gasteiger partial charge >= 0.3 is 5.97 Å². The zero-order chi connectivity index (χ0) is 28.7. The molecule has 1 aromatic heterocycles. The second-order valence-electron chi connectivity index (χ2n) is 9.31. The van der Waals surface area contributed by atoms with E-state index in [0.29, 0.717) is 37.9 Å². The summed E-state index contributed by atoms with van der Waals surface area (Å²) in [5.41, 5.74) is 22.7. The van der Waals surface area contributed by atoms with Crippen molar-refractivity contribution in [3.05, 3.63) is 18.2 Å². The molecular weight excluding hydrogens is 496 g/mol. The van der Waals surface area contributed by atoms with Gasteiger partial charge in [-0.15, -0.1) is 0 Å². The van der Waals surface area contributed by atoms with E-state index in [4.69, 9.17) is 22.9 Å². The molecule has 0 radical (unpaired) electrons. The summed E-state index contributed by atoms with van der Waals surface area (Å²) in [6.07, 6.45) is 5.18. The molecule has 0 saturated carbocycles. The van der Waals surface area contributed by atoms with Crippen LogP contribution in [0.4, 0.5) is 0 Å². The number of carboxylic acids is 1. The van der Waals surface area contributed by atoms with E-state index >= 15 is 0 Å². The number of rotatable bonds is 18. The Morgan fingerprint density at radius 2 is 1.66 bits per heavy atom. The van der Waals surface area contributed by atoms with E-state index in [9.17, 15) is 24.3 Å². The minimum absolute atomic E-state index is 0.0547. The predicted octanol–water partition coefficient (Wildman–Crippen LogP) is -2.34. The van der Waals surface area contributed by atoms with E-state index in [-0.39, 0.29) is 25.3 Å². The van der Waals surface area contributed by atoms with Gasteiger partial charge in [0.2, 0.25) is 17.7 Å². The third kappa shape index (κ3) is 12.0. The summed E-state index contributed by atoms with van der Waals surface area (Å²) >= 11 is 0. The number of nitrogens with two attached hydrogens (primary N) is 4. The molecule has 13 N–H and O–H groups in total. The number of aliphatic carboxylic acids is 1. The third-order valence-electron chi connectivity index (χ3n) is 5.73. The maximum Gasteiger partial charge on any atom is 0.326 e. The average Bonchev–Trinajstić information content (AvgIpc) is 3.36. The molecule has 38 heavy (non-hydrogen) atoms. The molecule has 0 aromatic carbocycles. The summed E-state index contributed by atoms with van der Waals surface area (Å²) in [4.78, 5) is 61.3. The van der Waals surface area contributed by atoms with Crippen molar-refractivity contribution in [2.75, 3.05) is 13.1 Å².